The lowest BCUT2D eigenvalue weighted by atomic mass is 9.95. The molecule has 7 nitrogen and oxygen atoms in total. The zero-order chi connectivity index (χ0) is 23.1. The monoisotopic (exact) mass is 493 g/mol. The summed E-state index contributed by atoms with van der Waals surface area (Å²) in [5.41, 5.74) is 4.81. The van der Waals surface area contributed by atoms with Gasteiger partial charge in [0.15, 0.2) is 5.82 Å². The van der Waals surface area contributed by atoms with Crippen LogP contribution in [-0.4, -0.2) is 20.7 Å². The summed E-state index contributed by atoms with van der Waals surface area (Å²) in [5, 5.41) is 12.2. The van der Waals surface area contributed by atoms with Gasteiger partial charge in [-0.2, -0.15) is 4.98 Å². The molecule has 2 N–H and O–H groups in total. The number of carbonyl (C=O) groups excluding carboxylic acids is 1. The number of hydrogen-bond acceptors (Lipinski definition) is 6. The van der Waals surface area contributed by atoms with Gasteiger partial charge in [-0.15, -0.1) is 22.7 Å². The number of thiophene rings is 2. The number of fused-ring (bicyclic) bond motifs is 2. The average Bonchev–Trinajstić information content (AvgIpc) is 3.62. The van der Waals surface area contributed by atoms with Gasteiger partial charge in [-0.25, -0.2) is 4.79 Å². The van der Waals surface area contributed by atoms with E-state index in [1.807, 2.05) is 30.4 Å². The quantitative estimate of drug-likeness (QED) is 0.355. The predicted molar refractivity (Wildman–Crippen MR) is 135 cm³/mol. The van der Waals surface area contributed by atoms with Gasteiger partial charge >= 0.3 is 6.03 Å². The Labute approximate surface area is 206 Å². The van der Waals surface area contributed by atoms with E-state index >= 15 is 0 Å². The average molecular weight is 494 g/mol. The molecule has 176 valence electrons. The van der Waals surface area contributed by atoms with Crippen molar-refractivity contribution in [1.82, 2.24) is 20.0 Å². The normalized spacial score (nSPS) is 15.1. The second-order valence-electron chi connectivity index (χ2n) is 8.95. The number of carbonyl (C=O) groups is 1. The smallest absolute Gasteiger partial charge is 0.320 e. The van der Waals surface area contributed by atoms with Crippen LogP contribution in [0.15, 0.2) is 29.0 Å². The molecule has 0 atom stereocenters. The second-order valence-corrected chi connectivity index (χ2v) is 11.1. The van der Waals surface area contributed by atoms with Gasteiger partial charge in [0, 0.05) is 34.3 Å². The fourth-order valence-electron chi connectivity index (χ4n) is 5.07. The molecule has 0 fully saturated rings. The summed E-state index contributed by atoms with van der Waals surface area (Å²) in [6.07, 6.45) is 13.2. The van der Waals surface area contributed by atoms with E-state index in [0.29, 0.717) is 18.3 Å². The Kier molecular flexibility index (Phi) is 5.74. The first-order valence-electron chi connectivity index (χ1n) is 11.9. The Morgan fingerprint density at radius 3 is 2.47 bits per heavy atom. The molecule has 2 aliphatic rings. The molecule has 0 saturated carbocycles. The minimum absolute atomic E-state index is 0.203. The van der Waals surface area contributed by atoms with Crippen LogP contribution in [0.3, 0.4) is 0 Å². The van der Waals surface area contributed by atoms with Crippen molar-refractivity contribution in [2.45, 2.75) is 64.8 Å². The van der Waals surface area contributed by atoms with Crippen molar-refractivity contribution >= 4 is 33.7 Å². The van der Waals surface area contributed by atoms with Crippen LogP contribution in [0.1, 0.15) is 58.0 Å². The molecule has 2 aliphatic carbocycles. The Balaban J connectivity index is 1.25. The summed E-state index contributed by atoms with van der Waals surface area (Å²) in [7, 11) is 0. The third-order valence-corrected chi connectivity index (χ3v) is 9.22. The zero-order valence-electron chi connectivity index (χ0n) is 19.1. The molecule has 4 heterocycles. The van der Waals surface area contributed by atoms with Crippen LogP contribution in [0.5, 0.6) is 0 Å². The lowest BCUT2D eigenvalue weighted by Crippen LogP contribution is -2.28. The fraction of sp³-hybridized carbons (Fsp3) is 0.400. The van der Waals surface area contributed by atoms with Gasteiger partial charge in [0.05, 0.1) is 5.56 Å². The summed E-state index contributed by atoms with van der Waals surface area (Å²) in [4.78, 5) is 20.3. The van der Waals surface area contributed by atoms with Crippen LogP contribution in [0.4, 0.5) is 9.80 Å². The molecular formula is C25H27N5O2S2. The lowest BCUT2D eigenvalue weighted by Gasteiger charge is -2.14. The van der Waals surface area contributed by atoms with Gasteiger partial charge in [-0.1, -0.05) is 5.16 Å². The number of anilines is 1. The number of hydrogen-bond donors (Lipinski definition) is 2. The van der Waals surface area contributed by atoms with E-state index in [0.717, 1.165) is 42.7 Å². The first-order valence-corrected chi connectivity index (χ1v) is 13.6. The van der Waals surface area contributed by atoms with Crippen molar-refractivity contribution < 1.29 is 9.32 Å². The SMILES string of the molecule is Cc1noc(-c2c(NC(=O)NCc3c(-n4cccc4)sc4c3CCCC4)sc3c2CCCC3)n1. The van der Waals surface area contributed by atoms with Crippen LogP contribution in [0, 0.1) is 6.92 Å². The van der Waals surface area contributed by atoms with Crippen molar-refractivity contribution in [3.8, 4) is 16.5 Å². The highest BCUT2D eigenvalue weighted by molar-refractivity contribution is 7.17. The number of amides is 2. The molecule has 9 heteroatoms. The summed E-state index contributed by atoms with van der Waals surface area (Å²) in [6, 6.07) is 3.88. The molecular weight excluding hydrogens is 466 g/mol. The minimum Gasteiger partial charge on any atom is -0.334 e. The topological polar surface area (TPSA) is 85.0 Å². The largest absolute Gasteiger partial charge is 0.334 e. The van der Waals surface area contributed by atoms with Gasteiger partial charge in [0.2, 0.25) is 0 Å². The van der Waals surface area contributed by atoms with E-state index in [4.69, 9.17) is 4.52 Å². The van der Waals surface area contributed by atoms with Gasteiger partial charge < -0.3 is 14.4 Å². The molecule has 0 radical (unpaired) electrons. The summed E-state index contributed by atoms with van der Waals surface area (Å²) in [6.45, 7) is 2.32. The lowest BCUT2D eigenvalue weighted by molar-refractivity contribution is 0.252. The van der Waals surface area contributed by atoms with Gasteiger partial charge in [-0.3, -0.25) is 5.32 Å². The number of nitrogens with zero attached hydrogens (tertiary/aromatic N) is 3. The highest BCUT2D eigenvalue weighted by Crippen LogP contribution is 2.43. The molecule has 2 amide bonds. The van der Waals surface area contributed by atoms with Gasteiger partial charge in [0.1, 0.15) is 10.0 Å². The number of rotatable bonds is 5. The Hall–Kier alpha value is -2.91. The van der Waals surface area contributed by atoms with Crippen LogP contribution in [0.25, 0.3) is 16.5 Å². The molecule has 0 aromatic carbocycles. The second kappa shape index (κ2) is 9.03. The molecule has 0 spiro atoms. The first-order chi connectivity index (χ1) is 16.7. The highest BCUT2D eigenvalue weighted by atomic mass is 32.1. The van der Waals surface area contributed by atoms with E-state index in [1.165, 1.54) is 50.7 Å². The summed E-state index contributed by atoms with van der Waals surface area (Å²) < 4.78 is 7.68. The number of aryl methyl sites for hydroxylation is 3. The van der Waals surface area contributed by atoms with Crippen molar-refractivity contribution in [2.24, 2.45) is 0 Å². The summed E-state index contributed by atoms with van der Waals surface area (Å²) in [5.74, 6) is 1.09. The fourth-order valence-corrected chi connectivity index (χ4v) is 7.72. The minimum atomic E-state index is -0.203. The first kappa shape index (κ1) is 21.6. The van der Waals surface area contributed by atoms with E-state index < -0.39 is 0 Å². The maximum atomic E-state index is 13.1. The maximum absolute atomic E-state index is 13.1. The Bertz CT molecular complexity index is 1330. The van der Waals surface area contributed by atoms with E-state index in [1.54, 1.807) is 11.3 Å². The molecule has 0 unspecified atom stereocenters. The van der Waals surface area contributed by atoms with Crippen molar-refractivity contribution in [2.75, 3.05) is 5.32 Å². The van der Waals surface area contributed by atoms with Gasteiger partial charge in [-0.05, 0) is 81.5 Å². The van der Waals surface area contributed by atoms with Crippen molar-refractivity contribution in [3.05, 3.63) is 56.8 Å². The number of nitrogens with one attached hydrogen (secondary N) is 2. The standard InChI is InChI=1S/C25H27N5O2S2/c1-15-27-22(32-29-15)21-17-9-3-5-11-20(17)33-23(21)28-25(31)26-14-18-16-8-2-4-10-19(16)34-24(18)30-12-6-7-13-30/h6-7,12-13H,2-5,8-11,14H2,1H3,(H2,26,28,31). The van der Waals surface area contributed by atoms with Crippen molar-refractivity contribution in [3.63, 3.8) is 0 Å². The predicted octanol–water partition coefficient (Wildman–Crippen LogP) is 6.04. The number of urea groups is 1. The van der Waals surface area contributed by atoms with Gasteiger partial charge in [0.25, 0.3) is 5.89 Å². The zero-order valence-corrected chi connectivity index (χ0v) is 20.8. The third kappa shape index (κ3) is 3.96. The van der Waals surface area contributed by atoms with Crippen LogP contribution < -0.4 is 10.6 Å². The maximum Gasteiger partial charge on any atom is 0.320 e. The van der Waals surface area contributed by atoms with E-state index in [2.05, 4.69) is 37.7 Å². The molecule has 0 aliphatic heterocycles. The molecule has 4 aromatic heterocycles. The van der Waals surface area contributed by atoms with Crippen LogP contribution in [-0.2, 0) is 32.2 Å². The molecule has 4 aromatic rings. The van der Waals surface area contributed by atoms with Crippen molar-refractivity contribution in [1.29, 1.82) is 0 Å². The van der Waals surface area contributed by atoms with E-state index in [9.17, 15) is 4.79 Å². The highest BCUT2D eigenvalue weighted by Gasteiger charge is 2.27. The van der Waals surface area contributed by atoms with Crippen LogP contribution >= 0.6 is 22.7 Å². The molecule has 0 saturated heterocycles. The molecule has 6 rings (SSSR count). The summed E-state index contributed by atoms with van der Waals surface area (Å²) >= 11 is 3.50. The molecule has 34 heavy (non-hydrogen) atoms. The third-order valence-electron chi connectivity index (χ3n) is 6.66. The van der Waals surface area contributed by atoms with E-state index in [-0.39, 0.29) is 6.03 Å². The molecule has 0 bridgehead atoms. The Morgan fingerprint density at radius 2 is 1.74 bits per heavy atom. The van der Waals surface area contributed by atoms with Crippen LogP contribution in [0.2, 0.25) is 0 Å². The number of aromatic nitrogens is 3. The Morgan fingerprint density at radius 1 is 1.03 bits per heavy atom.